The molecule has 5 heteroatoms. The maximum absolute atomic E-state index is 12.3. The minimum absolute atomic E-state index is 0.250. The van der Waals surface area contributed by atoms with Crippen molar-refractivity contribution < 1.29 is 14.6 Å². The van der Waals surface area contributed by atoms with E-state index in [1.165, 1.54) is 16.7 Å². The van der Waals surface area contributed by atoms with Gasteiger partial charge in [0.2, 0.25) is 5.90 Å². The van der Waals surface area contributed by atoms with E-state index in [9.17, 15) is 5.11 Å². The molecule has 0 aliphatic carbocycles. The average molecular weight is 499 g/mol. The van der Waals surface area contributed by atoms with Gasteiger partial charge < -0.3 is 14.6 Å². The quantitative estimate of drug-likeness (QED) is 0.380. The highest BCUT2D eigenvalue weighted by molar-refractivity contribution is 5.92. The molecule has 0 spiro atoms. The van der Waals surface area contributed by atoms with Crippen molar-refractivity contribution in [1.29, 1.82) is 0 Å². The van der Waals surface area contributed by atoms with Crippen LogP contribution in [0.5, 0.6) is 0 Å². The highest BCUT2D eigenvalue weighted by atomic mass is 16.7. The first-order chi connectivity index (χ1) is 17.7. The number of ether oxygens (including phenoxy) is 2. The molecule has 0 aromatic heterocycles. The van der Waals surface area contributed by atoms with E-state index in [1.54, 1.807) is 0 Å². The van der Waals surface area contributed by atoms with Gasteiger partial charge in [0.1, 0.15) is 18.3 Å². The van der Waals surface area contributed by atoms with Crippen LogP contribution in [0, 0.1) is 0 Å². The number of hydrogen-bond donors (Lipinski definition) is 1. The zero-order valence-electron chi connectivity index (χ0n) is 22.3. The van der Waals surface area contributed by atoms with Gasteiger partial charge in [-0.25, -0.2) is 4.99 Å². The summed E-state index contributed by atoms with van der Waals surface area (Å²) in [5, 5.41) is 12.3. The van der Waals surface area contributed by atoms with Crippen LogP contribution in [0.4, 0.5) is 0 Å². The molecule has 1 fully saturated rings. The molecule has 1 N–H and O–H groups in total. The summed E-state index contributed by atoms with van der Waals surface area (Å²) in [7, 11) is 0. The minimum atomic E-state index is -0.994. The van der Waals surface area contributed by atoms with Crippen LogP contribution in [0.25, 0.3) is 0 Å². The molecule has 0 bridgehead atoms. The van der Waals surface area contributed by atoms with Gasteiger partial charge in [0.25, 0.3) is 0 Å². The zero-order valence-corrected chi connectivity index (χ0v) is 22.3. The molecule has 2 aliphatic rings. The Morgan fingerprint density at radius 3 is 1.65 bits per heavy atom. The number of epoxide rings is 1. The van der Waals surface area contributed by atoms with E-state index in [4.69, 9.17) is 14.5 Å². The molecule has 5 nitrogen and oxygen atoms in total. The number of aliphatic hydroxyl groups is 1. The van der Waals surface area contributed by atoms with E-state index >= 15 is 0 Å². The van der Waals surface area contributed by atoms with Crippen LogP contribution < -0.4 is 0 Å². The van der Waals surface area contributed by atoms with Crippen LogP contribution in [0.1, 0.15) is 44.4 Å². The Morgan fingerprint density at radius 2 is 1.24 bits per heavy atom. The van der Waals surface area contributed by atoms with Gasteiger partial charge in [0.05, 0.1) is 5.54 Å². The molecule has 194 valence electrons. The van der Waals surface area contributed by atoms with Gasteiger partial charge in [-0.2, -0.15) is 0 Å². The third-order valence-corrected chi connectivity index (χ3v) is 7.55. The fourth-order valence-corrected chi connectivity index (χ4v) is 5.49. The Labute approximate surface area is 220 Å². The average Bonchev–Trinajstić information content (AvgIpc) is 3.30. The van der Waals surface area contributed by atoms with Crippen molar-refractivity contribution in [3.63, 3.8) is 0 Å². The van der Waals surface area contributed by atoms with Crippen molar-refractivity contribution in [2.45, 2.75) is 76.1 Å². The largest absolute Gasteiger partial charge is 0.476 e. The lowest BCUT2D eigenvalue weighted by molar-refractivity contribution is 0.00150. The van der Waals surface area contributed by atoms with Crippen molar-refractivity contribution in [2.75, 3.05) is 6.61 Å². The summed E-state index contributed by atoms with van der Waals surface area (Å²) in [6, 6.07) is 31.0. The summed E-state index contributed by atoms with van der Waals surface area (Å²) in [6.45, 7) is 10.0. The van der Waals surface area contributed by atoms with Crippen molar-refractivity contribution in [2.24, 2.45) is 4.99 Å². The molecule has 0 radical (unpaired) electrons. The van der Waals surface area contributed by atoms with Crippen LogP contribution in [-0.4, -0.2) is 51.4 Å². The summed E-state index contributed by atoms with van der Waals surface area (Å²) in [5.41, 5.74) is 1.64. The number of rotatable bonds is 10. The lowest BCUT2D eigenvalue weighted by Crippen LogP contribution is -2.55. The summed E-state index contributed by atoms with van der Waals surface area (Å²) >= 11 is 0. The van der Waals surface area contributed by atoms with E-state index in [1.807, 2.05) is 45.9 Å². The minimum Gasteiger partial charge on any atom is -0.476 e. The number of nitrogens with zero attached hydrogens (tertiary/aromatic N) is 2. The van der Waals surface area contributed by atoms with Crippen LogP contribution in [0.2, 0.25) is 0 Å². The third-order valence-electron chi connectivity index (χ3n) is 7.55. The molecule has 3 aromatic carbocycles. The van der Waals surface area contributed by atoms with Crippen molar-refractivity contribution >= 4 is 5.90 Å². The summed E-state index contributed by atoms with van der Waals surface area (Å²) in [4.78, 5) is 7.26. The van der Waals surface area contributed by atoms with Gasteiger partial charge in [-0.1, -0.05) is 91.0 Å². The molecule has 3 aromatic rings. The first-order valence-electron chi connectivity index (χ1n) is 13.2. The van der Waals surface area contributed by atoms with E-state index in [2.05, 4.69) is 77.7 Å². The maximum Gasteiger partial charge on any atom is 0.223 e. The smallest absolute Gasteiger partial charge is 0.223 e. The Bertz CT molecular complexity index is 1170. The molecular formula is C32H38N2O3. The van der Waals surface area contributed by atoms with Gasteiger partial charge in [-0.15, -0.1) is 0 Å². The molecule has 5 rings (SSSR count). The number of benzene rings is 3. The predicted molar refractivity (Wildman–Crippen MR) is 147 cm³/mol. The van der Waals surface area contributed by atoms with Crippen molar-refractivity contribution in [1.82, 2.24) is 4.90 Å². The Kier molecular flexibility index (Phi) is 6.97. The molecule has 0 amide bonds. The highest BCUT2D eigenvalue weighted by Gasteiger charge is 2.74. The Hall–Kier alpha value is -2.99. The van der Waals surface area contributed by atoms with E-state index in [-0.39, 0.29) is 11.6 Å². The van der Waals surface area contributed by atoms with Crippen molar-refractivity contribution in [3.05, 3.63) is 108 Å². The van der Waals surface area contributed by atoms with E-state index in [0.717, 1.165) is 0 Å². The molecule has 3 atom stereocenters. The molecule has 2 aliphatic heterocycles. The van der Waals surface area contributed by atoms with Crippen molar-refractivity contribution in [3.8, 4) is 0 Å². The van der Waals surface area contributed by atoms with Gasteiger partial charge in [-0.3, -0.25) is 4.90 Å². The lowest BCUT2D eigenvalue weighted by atomic mass is 9.83. The second kappa shape index (κ2) is 10.1. The normalized spacial score (nSPS) is 23.2. The van der Waals surface area contributed by atoms with Crippen LogP contribution in [0.15, 0.2) is 96.0 Å². The highest BCUT2D eigenvalue weighted by Crippen LogP contribution is 2.54. The first-order valence-corrected chi connectivity index (χ1v) is 13.2. The molecule has 0 saturated carbocycles. The van der Waals surface area contributed by atoms with Gasteiger partial charge in [0.15, 0.2) is 5.60 Å². The molecular weight excluding hydrogens is 460 g/mol. The zero-order chi connectivity index (χ0) is 26.1. The molecule has 37 heavy (non-hydrogen) atoms. The first kappa shape index (κ1) is 25.7. The van der Waals surface area contributed by atoms with E-state index in [0.29, 0.717) is 32.0 Å². The van der Waals surface area contributed by atoms with Crippen LogP contribution in [0.3, 0.4) is 0 Å². The summed E-state index contributed by atoms with van der Waals surface area (Å²) in [6.07, 6.45) is -0.192. The predicted octanol–water partition coefficient (Wildman–Crippen LogP) is 5.42. The Morgan fingerprint density at radius 1 is 0.784 bits per heavy atom. The van der Waals surface area contributed by atoms with E-state index < -0.39 is 17.3 Å². The maximum atomic E-state index is 12.3. The van der Waals surface area contributed by atoms with Crippen LogP contribution >= 0.6 is 0 Å². The van der Waals surface area contributed by atoms with Gasteiger partial charge in [-0.05, 0) is 50.8 Å². The summed E-state index contributed by atoms with van der Waals surface area (Å²) < 4.78 is 12.5. The second-order valence-electron chi connectivity index (χ2n) is 11.4. The second-order valence-corrected chi connectivity index (χ2v) is 11.4. The Balaban J connectivity index is 1.56. The van der Waals surface area contributed by atoms with Gasteiger partial charge >= 0.3 is 0 Å². The lowest BCUT2D eigenvalue weighted by Gasteiger charge is -2.38. The SMILES string of the molecule is CC1(C)COC([C@@]2([C@@H](O)[C@H](Cc3ccccc3)N(Cc3ccccc3)Cc3ccccc3)OC2(C)C)=N1. The van der Waals surface area contributed by atoms with Crippen LogP contribution in [-0.2, 0) is 29.0 Å². The van der Waals surface area contributed by atoms with Gasteiger partial charge in [0, 0.05) is 19.1 Å². The monoisotopic (exact) mass is 498 g/mol. The third kappa shape index (κ3) is 5.35. The molecule has 2 heterocycles. The fourth-order valence-electron chi connectivity index (χ4n) is 5.49. The number of aliphatic hydroxyl groups excluding tert-OH is 1. The fraction of sp³-hybridized carbons (Fsp3) is 0.406. The molecule has 0 unspecified atom stereocenters. The molecule has 1 saturated heterocycles. The number of aliphatic imine (C=N–C) groups is 1. The topological polar surface area (TPSA) is 57.6 Å². The number of hydrogen-bond acceptors (Lipinski definition) is 5. The standard InChI is InChI=1S/C32H38N2O3/c1-30(2)23-36-29(33-30)32(31(3,4)37-32)28(35)27(20-24-14-8-5-9-15-24)34(21-25-16-10-6-11-17-25)22-26-18-12-7-13-19-26/h5-19,27-28,35H,20-23H2,1-4H3/t27-,28-,32+/m0/s1. The summed E-state index contributed by atoms with van der Waals surface area (Å²) in [5.74, 6) is 0.521.